The zero-order valence-corrected chi connectivity index (χ0v) is 13.1. The normalized spacial score (nSPS) is 13.4. The molecule has 3 rings (SSSR count). The number of nitrogens with one attached hydrogen (secondary N) is 2. The van der Waals surface area contributed by atoms with Crippen LogP contribution in [0.2, 0.25) is 0 Å². The summed E-state index contributed by atoms with van der Waals surface area (Å²) < 4.78 is 0. The van der Waals surface area contributed by atoms with Gasteiger partial charge in [-0.2, -0.15) is 0 Å². The molecule has 1 saturated carbocycles. The van der Waals surface area contributed by atoms with Gasteiger partial charge in [0.05, 0.1) is 0 Å². The van der Waals surface area contributed by atoms with E-state index < -0.39 is 0 Å². The summed E-state index contributed by atoms with van der Waals surface area (Å²) >= 11 is 0. The summed E-state index contributed by atoms with van der Waals surface area (Å²) in [4.78, 5) is 24.3. The van der Waals surface area contributed by atoms with Crippen LogP contribution in [-0.2, 0) is 11.2 Å². The van der Waals surface area contributed by atoms with E-state index in [1.54, 1.807) is 24.3 Å². The molecule has 0 atom stereocenters. The van der Waals surface area contributed by atoms with Gasteiger partial charge in [0.2, 0.25) is 5.91 Å². The second-order valence-electron chi connectivity index (χ2n) is 5.81. The van der Waals surface area contributed by atoms with Crippen LogP contribution in [0.4, 0.5) is 11.4 Å². The first-order chi connectivity index (χ1) is 11.2. The lowest BCUT2D eigenvalue weighted by atomic mass is 10.1. The lowest BCUT2D eigenvalue weighted by Crippen LogP contribution is -2.16. The van der Waals surface area contributed by atoms with E-state index >= 15 is 0 Å². The smallest absolute Gasteiger partial charge is 0.255 e. The first kappa shape index (κ1) is 15.3. The van der Waals surface area contributed by atoms with Gasteiger partial charge in [-0.3, -0.25) is 9.59 Å². The first-order valence-corrected chi connectivity index (χ1v) is 7.97. The highest BCUT2D eigenvalue weighted by molar-refractivity contribution is 6.05. The molecule has 2 aromatic carbocycles. The van der Waals surface area contributed by atoms with Crippen LogP contribution in [0.15, 0.2) is 48.5 Å². The minimum atomic E-state index is -0.173. The second-order valence-corrected chi connectivity index (χ2v) is 5.81. The van der Waals surface area contributed by atoms with E-state index in [0.29, 0.717) is 11.3 Å². The van der Waals surface area contributed by atoms with Crippen molar-refractivity contribution in [1.29, 1.82) is 0 Å². The average Bonchev–Trinajstić information content (AvgIpc) is 3.40. The maximum atomic E-state index is 12.4. The lowest BCUT2D eigenvalue weighted by molar-refractivity contribution is -0.117. The Balaban J connectivity index is 1.73. The van der Waals surface area contributed by atoms with Crippen molar-refractivity contribution in [2.45, 2.75) is 26.2 Å². The summed E-state index contributed by atoms with van der Waals surface area (Å²) in [5, 5.41) is 5.81. The Kier molecular flexibility index (Phi) is 4.42. The largest absolute Gasteiger partial charge is 0.326 e. The van der Waals surface area contributed by atoms with Crippen LogP contribution in [-0.4, -0.2) is 11.8 Å². The molecule has 0 heterocycles. The third-order valence-corrected chi connectivity index (χ3v) is 3.99. The van der Waals surface area contributed by atoms with Crippen LogP contribution in [0.3, 0.4) is 0 Å². The molecule has 0 radical (unpaired) electrons. The Bertz CT molecular complexity index is 736. The van der Waals surface area contributed by atoms with E-state index in [9.17, 15) is 9.59 Å². The number of benzene rings is 2. The summed E-state index contributed by atoms with van der Waals surface area (Å²) in [6.45, 7) is 2.05. The Labute approximate surface area is 135 Å². The molecule has 4 nitrogen and oxygen atoms in total. The molecular weight excluding hydrogens is 288 g/mol. The summed E-state index contributed by atoms with van der Waals surface area (Å²) in [6.07, 6.45) is 2.77. The number of carbonyl (C=O) groups is 2. The van der Waals surface area contributed by atoms with Gasteiger partial charge in [0.15, 0.2) is 0 Å². The van der Waals surface area contributed by atoms with Crippen molar-refractivity contribution in [1.82, 2.24) is 0 Å². The zero-order valence-electron chi connectivity index (χ0n) is 13.1. The van der Waals surface area contributed by atoms with E-state index in [1.165, 1.54) is 0 Å². The second kappa shape index (κ2) is 6.65. The Morgan fingerprint density at radius 1 is 1.04 bits per heavy atom. The monoisotopic (exact) mass is 308 g/mol. The molecule has 0 saturated heterocycles. The minimum Gasteiger partial charge on any atom is -0.326 e. The van der Waals surface area contributed by atoms with Crippen LogP contribution >= 0.6 is 0 Å². The summed E-state index contributed by atoms with van der Waals surface area (Å²) in [5.41, 5.74) is 3.12. The van der Waals surface area contributed by atoms with E-state index in [0.717, 1.165) is 30.5 Å². The van der Waals surface area contributed by atoms with E-state index in [1.807, 2.05) is 24.3 Å². The van der Waals surface area contributed by atoms with E-state index in [2.05, 4.69) is 17.6 Å². The van der Waals surface area contributed by atoms with Gasteiger partial charge in [-0.1, -0.05) is 31.2 Å². The van der Waals surface area contributed by atoms with Gasteiger partial charge >= 0.3 is 0 Å². The number of aryl methyl sites for hydroxylation is 1. The highest BCUT2D eigenvalue weighted by atomic mass is 16.2. The molecule has 1 fully saturated rings. The Hall–Kier alpha value is -2.62. The maximum Gasteiger partial charge on any atom is 0.255 e. The average molecular weight is 308 g/mol. The van der Waals surface area contributed by atoms with E-state index in [-0.39, 0.29) is 17.7 Å². The summed E-state index contributed by atoms with van der Waals surface area (Å²) in [6, 6.07) is 14.8. The SMILES string of the molecule is CCc1ccccc1NC(=O)c1cccc(NC(=O)C2CC2)c1. The molecule has 4 heteroatoms. The highest BCUT2D eigenvalue weighted by Crippen LogP contribution is 2.30. The van der Waals surface area contributed by atoms with Gasteiger partial charge in [0.25, 0.3) is 5.91 Å². The number of rotatable bonds is 5. The third kappa shape index (κ3) is 3.77. The molecule has 0 bridgehead atoms. The molecule has 2 amide bonds. The molecule has 23 heavy (non-hydrogen) atoms. The summed E-state index contributed by atoms with van der Waals surface area (Å²) in [5.74, 6) is 0.0104. The van der Waals surface area contributed by atoms with Crippen molar-refractivity contribution in [3.05, 3.63) is 59.7 Å². The molecule has 118 valence electrons. The standard InChI is InChI=1S/C19H20N2O2/c1-2-13-6-3-4-9-17(13)21-19(23)15-7-5-8-16(12-15)20-18(22)14-10-11-14/h3-9,12,14H,2,10-11H2,1H3,(H,20,22)(H,21,23). The van der Waals surface area contributed by atoms with Crippen molar-refractivity contribution >= 4 is 23.2 Å². The van der Waals surface area contributed by atoms with Crippen LogP contribution < -0.4 is 10.6 Å². The van der Waals surface area contributed by atoms with Gasteiger partial charge in [0, 0.05) is 22.9 Å². The highest BCUT2D eigenvalue weighted by Gasteiger charge is 2.29. The quantitative estimate of drug-likeness (QED) is 0.881. The Morgan fingerprint density at radius 2 is 1.83 bits per heavy atom. The predicted molar refractivity (Wildman–Crippen MR) is 91.6 cm³/mol. The fourth-order valence-electron chi connectivity index (χ4n) is 2.47. The molecular formula is C19H20N2O2. The maximum absolute atomic E-state index is 12.4. The van der Waals surface area contributed by atoms with Crippen LogP contribution in [0, 0.1) is 5.92 Å². The molecule has 1 aliphatic rings. The predicted octanol–water partition coefficient (Wildman–Crippen LogP) is 3.85. The first-order valence-electron chi connectivity index (χ1n) is 7.97. The van der Waals surface area contributed by atoms with Crippen molar-refractivity contribution < 1.29 is 9.59 Å². The number of para-hydroxylation sites is 1. The molecule has 1 aliphatic carbocycles. The molecule has 0 unspecified atom stereocenters. The van der Waals surface area contributed by atoms with Crippen molar-refractivity contribution in [3.8, 4) is 0 Å². The zero-order chi connectivity index (χ0) is 16.2. The van der Waals surface area contributed by atoms with Crippen molar-refractivity contribution in [3.63, 3.8) is 0 Å². The van der Waals surface area contributed by atoms with Crippen molar-refractivity contribution in [2.75, 3.05) is 10.6 Å². The lowest BCUT2D eigenvalue weighted by Gasteiger charge is -2.11. The molecule has 2 N–H and O–H groups in total. The molecule has 0 aromatic heterocycles. The van der Waals surface area contributed by atoms with Gasteiger partial charge in [-0.25, -0.2) is 0 Å². The van der Waals surface area contributed by atoms with Gasteiger partial charge in [-0.05, 0) is 49.1 Å². The van der Waals surface area contributed by atoms with Crippen LogP contribution in [0.5, 0.6) is 0 Å². The fourth-order valence-corrected chi connectivity index (χ4v) is 2.47. The Morgan fingerprint density at radius 3 is 2.57 bits per heavy atom. The molecule has 0 aliphatic heterocycles. The third-order valence-electron chi connectivity index (χ3n) is 3.99. The van der Waals surface area contributed by atoms with Gasteiger partial charge in [-0.15, -0.1) is 0 Å². The number of amides is 2. The number of hydrogen-bond donors (Lipinski definition) is 2. The van der Waals surface area contributed by atoms with E-state index in [4.69, 9.17) is 0 Å². The molecule has 0 spiro atoms. The fraction of sp³-hybridized carbons (Fsp3) is 0.263. The van der Waals surface area contributed by atoms with Crippen molar-refractivity contribution in [2.24, 2.45) is 5.92 Å². The number of hydrogen-bond acceptors (Lipinski definition) is 2. The van der Waals surface area contributed by atoms with Crippen LogP contribution in [0.1, 0.15) is 35.7 Å². The van der Waals surface area contributed by atoms with Crippen LogP contribution in [0.25, 0.3) is 0 Å². The molecule has 2 aromatic rings. The topological polar surface area (TPSA) is 58.2 Å². The number of anilines is 2. The van der Waals surface area contributed by atoms with Gasteiger partial charge < -0.3 is 10.6 Å². The number of carbonyl (C=O) groups excluding carboxylic acids is 2. The van der Waals surface area contributed by atoms with Gasteiger partial charge in [0.1, 0.15) is 0 Å². The summed E-state index contributed by atoms with van der Waals surface area (Å²) in [7, 11) is 0. The minimum absolute atomic E-state index is 0.0406.